The minimum Gasteiger partial charge on any atom is -0.348 e. The molecule has 0 aliphatic heterocycles. The fourth-order valence-electron chi connectivity index (χ4n) is 2.68. The average molecular weight is 228 g/mol. The van der Waals surface area contributed by atoms with Gasteiger partial charge in [0.15, 0.2) is 0 Å². The minimum atomic E-state index is 0.758. The summed E-state index contributed by atoms with van der Waals surface area (Å²) < 4.78 is 2.30. The van der Waals surface area contributed by atoms with E-state index in [1.807, 2.05) is 0 Å². The Morgan fingerprint density at radius 2 is 2.06 bits per heavy atom. The van der Waals surface area contributed by atoms with Crippen LogP contribution >= 0.6 is 0 Å². The van der Waals surface area contributed by atoms with Gasteiger partial charge in [0.25, 0.3) is 0 Å². The van der Waals surface area contributed by atoms with Crippen LogP contribution in [-0.2, 0) is 13.6 Å². The predicted molar refractivity (Wildman–Crippen MR) is 72.1 cm³/mol. The zero-order chi connectivity index (χ0) is 11.8. The summed E-state index contributed by atoms with van der Waals surface area (Å²) in [4.78, 5) is 0. The van der Waals surface area contributed by atoms with Gasteiger partial charge in [0.05, 0.1) is 0 Å². The van der Waals surface area contributed by atoms with E-state index in [1.165, 1.54) is 41.4 Å². The summed E-state index contributed by atoms with van der Waals surface area (Å²) in [7, 11) is 2.16. The smallest absolute Gasteiger partial charge is 0.0483 e. The summed E-state index contributed by atoms with van der Waals surface area (Å²) in [6.45, 7) is 3.23. The van der Waals surface area contributed by atoms with E-state index in [9.17, 15) is 0 Å². The van der Waals surface area contributed by atoms with E-state index in [0.717, 1.165) is 12.6 Å². The molecule has 0 radical (unpaired) electrons. The molecule has 0 unspecified atom stereocenters. The second-order valence-corrected chi connectivity index (χ2v) is 5.15. The maximum Gasteiger partial charge on any atom is 0.0483 e. The number of aromatic nitrogens is 1. The molecule has 2 nitrogen and oxygen atoms in total. The van der Waals surface area contributed by atoms with Gasteiger partial charge in [0.2, 0.25) is 0 Å². The second kappa shape index (κ2) is 4.19. The molecule has 2 aromatic rings. The van der Waals surface area contributed by atoms with Crippen LogP contribution in [0.25, 0.3) is 10.9 Å². The van der Waals surface area contributed by atoms with Crippen molar-refractivity contribution in [1.29, 1.82) is 0 Å². The number of fused-ring (bicyclic) bond motifs is 1. The van der Waals surface area contributed by atoms with Crippen molar-refractivity contribution in [3.05, 3.63) is 35.5 Å². The monoisotopic (exact) mass is 228 g/mol. The average Bonchev–Trinajstić information content (AvgIpc) is 2.53. The SMILES string of the molecule is Cc1c(CNC2CCC2)c2ccccc2n1C. The van der Waals surface area contributed by atoms with Crippen LogP contribution in [0.3, 0.4) is 0 Å². The molecule has 1 saturated carbocycles. The third-order valence-electron chi connectivity index (χ3n) is 4.20. The molecule has 0 atom stereocenters. The Balaban J connectivity index is 1.93. The van der Waals surface area contributed by atoms with Crippen molar-refractivity contribution in [2.24, 2.45) is 7.05 Å². The lowest BCUT2D eigenvalue weighted by Crippen LogP contribution is -2.34. The highest BCUT2D eigenvalue weighted by Gasteiger charge is 2.18. The van der Waals surface area contributed by atoms with Crippen molar-refractivity contribution in [1.82, 2.24) is 9.88 Å². The zero-order valence-electron chi connectivity index (χ0n) is 10.7. The first-order chi connectivity index (χ1) is 8.27. The van der Waals surface area contributed by atoms with Crippen LogP contribution in [0.15, 0.2) is 24.3 Å². The Kier molecular flexibility index (Phi) is 2.67. The van der Waals surface area contributed by atoms with E-state index in [-0.39, 0.29) is 0 Å². The molecule has 1 aliphatic rings. The molecule has 1 aliphatic carbocycles. The summed E-state index contributed by atoms with van der Waals surface area (Å²) in [6, 6.07) is 9.45. The third kappa shape index (κ3) is 1.77. The normalized spacial score (nSPS) is 16.4. The lowest BCUT2D eigenvalue weighted by molar-refractivity contribution is 0.338. The van der Waals surface area contributed by atoms with Crippen LogP contribution < -0.4 is 5.32 Å². The number of para-hydroxylation sites is 1. The van der Waals surface area contributed by atoms with Crippen LogP contribution in [0.5, 0.6) is 0 Å². The Bertz CT molecular complexity index is 535. The molecular weight excluding hydrogens is 208 g/mol. The van der Waals surface area contributed by atoms with Crippen LogP contribution in [0.1, 0.15) is 30.5 Å². The third-order valence-corrected chi connectivity index (χ3v) is 4.20. The molecule has 1 N–H and O–H groups in total. The highest BCUT2D eigenvalue weighted by Crippen LogP contribution is 2.26. The highest BCUT2D eigenvalue weighted by atomic mass is 15.0. The first-order valence-electron chi connectivity index (χ1n) is 6.53. The minimum absolute atomic E-state index is 0.758. The van der Waals surface area contributed by atoms with Gasteiger partial charge in [-0.25, -0.2) is 0 Å². The lowest BCUT2D eigenvalue weighted by atomic mass is 9.93. The molecule has 90 valence electrons. The van der Waals surface area contributed by atoms with Crippen LogP contribution in [-0.4, -0.2) is 10.6 Å². The number of nitrogens with zero attached hydrogens (tertiary/aromatic N) is 1. The van der Waals surface area contributed by atoms with E-state index >= 15 is 0 Å². The largest absolute Gasteiger partial charge is 0.348 e. The molecule has 1 fully saturated rings. The summed E-state index contributed by atoms with van der Waals surface area (Å²) in [5.41, 5.74) is 4.20. The predicted octanol–water partition coefficient (Wildman–Crippen LogP) is 3.13. The van der Waals surface area contributed by atoms with Gasteiger partial charge in [0.1, 0.15) is 0 Å². The molecule has 0 saturated heterocycles. The summed E-state index contributed by atoms with van der Waals surface area (Å²) >= 11 is 0. The molecule has 1 aromatic heterocycles. The summed E-state index contributed by atoms with van der Waals surface area (Å²) in [5.74, 6) is 0. The van der Waals surface area contributed by atoms with Gasteiger partial charge < -0.3 is 9.88 Å². The Morgan fingerprint density at radius 3 is 2.76 bits per heavy atom. The molecule has 1 aromatic carbocycles. The Morgan fingerprint density at radius 1 is 1.29 bits per heavy atom. The molecule has 2 heteroatoms. The first kappa shape index (κ1) is 10.8. The molecular formula is C15H20N2. The first-order valence-corrected chi connectivity index (χ1v) is 6.53. The van der Waals surface area contributed by atoms with Gasteiger partial charge in [0, 0.05) is 36.2 Å². The number of hydrogen-bond donors (Lipinski definition) is 1. The van der Waals surface area contributed by atoms with Gasteiger partial charge in [-0.15, -0.1) is 0 Å². The van der Waals surface area contributed by atoms with E-state index in [4.69, 9.17) is 0 Å². The van der Waals surface area contributed by atoms with E-state index < -0.39 is 0 Å². The molecule has 0 amide bonds. The van der Waals surface area contributed by atoms with Gasteiger partial charge in [-0.1, -0.05) is 24.6 Å². The van der Waals surface area contributed by atoms with Crippen molar-refractivity contribution >= 4 is 10.9 Å². The highest BCUT2D eigenvalue weighted by molar-refractivity contribution is 5.85. The number of aryl methyl sites for hydroxylation is 1. The molecule has 0 bridgehead atoms. The molecule has 3 rings (SSSR count). The van der Waals surface area contributed by atoms with Gasteiger partial charge in [-0.2, -0.15) is 0 Å². The topological polar surface area (TPSA) is 17.0 Å². The van der Waals surface area contributed by atoms with Gasteiger partial charge >= 0.3 is 0 Å². The van der Waals surface area contributed by atoms with Crippen molar-refractivity contribution in [3.63, 3.8) is 0 Å². The maximum atomic E-state index is 3.67. The van der Waals surface area contributed by atoms with Gasteiger partial charge in [-0.05, 0) is 31.4 Å². The van der Waals surface area contributed by atoms with Crippen molar-refractivity contribution in [2.45, 2.75) is 38.8 Å². The molecule has 1 heterocycles. The maximum absolute atomic E-state index is 3.67. The van der Waals surface area contributed by atoms with Crippen LogP contribution in [0, 0.1) is 6.92 Å². The van der Waals surface area contributed by atoms with Crippen molar-refractivity contribution in [3.8, 4) is 0 Å². The molecule has 17 heavy (non-hydrogen) atoms. The number of hydrogen-bond acceptors (Lipinski definition) is 1. The standard InChI is InChI=1S/C15H20N2/c1-11-14(10-16-12-6-5-7-12)13-8-3-4-9-15(13)17(11)2/h3-4,8-9,12,16H,5-7,10H2,1-2H3. The Labute approximate surface area is 103 Å². The summed E-state index contributed by atoms with van der Waals surface area (Å²) in [5, 5.41) is 5.07. The lowest BCUT2D eigenvalue weighted by Gasteiger charge is -2.26. The quantitative estimate of drug-likeness (QED) is 0.854. The molecule has 0 spiro atoms. The van der Waals surface area contributed by atoms with Crippen LogP contribution in [0.4, 0.5) is 0 Å². The number of benzene rings is 1. The van der Waals surface area contributed by atoms with Crippen molar-refractivity contribution < 1.29 is 0 Å². The van der Waals surface area contributed by atoms with E-state index in [1.54, 1.807) is 0 Å². The summed E-state index contributed by atoms with van der Waals surface area (Å²) in [6.07, 6.45) is 4.10. The fraction of sp³-hybridized carbons (Fsp3) is 0.467. The van der Waals surface area contributed by atoms with E-state index in [0.29, 0.717) is 0 Å². The number of rotatable bonds is 3. The van der Waals surface area contributed by atoms with Gasteiger partial charge in [-0.3, -0.25) is 0 Å². The van der Waals surface area contributed by atoms with E-state index in [2.05, 4.69) is 48.1 Å². The van der Waals surface area contributed by atoms with Crippen LogP contribution in [0.2, 0.25) is 0 Å². The Hall–Kier alpha value is -1.28. The second-order valence-electron chi connectivity index (χ2n) is 5.15. The van der Waals surface area contributed by atoms with Crippen molar-refractivity contribution in [2.75, 3.05) is 0 Å². The fourth-order valence-corrected chi connectivity index (χ4v) is 2.68. The zero-order valence-corrected chi connectivity index (χ0v) is 10.7. The number of nitrogens with one attached hydrogen (secondary N) is 1.